The average Bonchev–Trinajstić information content (AvgIpc) is 3.13. The molecular weight excluding hydrogens is 362 g/mol. The third-order valence-electron chi connectivity index (χ3n) is 5.96. The van der Waals surface area contributed by atoms with Gasteiger partial charge >= 0.3 is 0 Å². The molecule has 2 aromatic carbocycles. The average molecular weight is 389 g/mol. The summed E-state index contributed by atoms with van der Waals surface area (Å²) in [5.74, 6) is -0.419. The van der Waals surface area contributed by atoms with Crippen LogP contribution >= 0.6 is 0 Å². The standard InChI is InChI=1S/C24H27N3O2/c1-4-17-7-5-8-18(13-17)25-23(28)14-27-22-12-16(3)15(2)11-21(22)26-20-10-6-9-19(20)24(27)29/h5,7-8,11-13,19H,4,6,9-10,14H2,1-3H3,(H,25,28)/t19-/m0/s1. The highest BCUT2D eigenvalue weighted by Crippen LogP contribution is 2.39. The predicted molar refractivity (Wildman–Crippen MR) is 117 cm³/mol. The largest absolute Gasteiger partial charge is 0.325 e. The van der Waals surface area contributed by atoms with Crippen molar-refractivity contribution in [3.63, 3.8) is 0 Å². The van der Waals surface area contributed by atoms with Gasteiger partial charge in [-0.3, -0.25) is 14.6 Å². The van der Waals surface area contributed by atoms with Gasteiger partial charge in [0, 0.05) is 11.4 Å². The van der Waals surface area contributed by atoms with Crippen LogP contribution in [0.2, 0.25) is 0 Å². The number of hydrogen-bond donors (Lipinski definition) is 1. The Morgan fingerprint density at radius 3 is 2.79 bits per heavy atom. The van der Waals surface area contributed by atoms with Crippen molar-refractivity contribution in [2.75, 3.05) is 16.8 Å². The van der Waals surface area contributed by atoms with E-state index in [1.165, 1.54) is 0 Å². The van der Waals surface area contributed by atoms with Crippen molar-refractivity contribution in [2.24, 2.45) is 10.9 Å². The number of amides is 2. The fourth-order valence-corrected chi connectivity index (χ4v) is 4.16. The summed E-state index contributed by atoms with van der Waals surface area (Å²) in [5.41, 5.74) is 6.63. The maximum atomic E-state index is 13.3. The highest BCUT2D eigenvalue weighted by molar-refractivity contribution is 6.16. The first-order valence-corrected chi connectivity index (χ1v) is 10.3. The monoisotopic (exact) mass is 389 g/mol. The molecule has 1 aliphatic carbocycles. The molecule has 1 saturated carbocycles. The molecule has 0 unspecified atom stereocenters. The summed E-state index contributed by atoms with van der Waals surface area (Å²) in [6.07, 6.45) is 3.54. The molecular formula is C24H27N3O2. The Morgan fingerprint density at radius 1 is 1.21 bits per heavy atom. The van der Waals surface area contributed by atoms with Crippen LogP contribution in [-0.4, -0.2) is 24.1 Å². The summed E-state index contributed by atoms with van der Waals surface area (Å²) in [7, 11) is 0. The lowest BCUT2D eigenvalue weighted by molar-refractivity contribution is -0.122. The van der Waals surface area contributed by atoms with E-state index < -0.39 is 0 Å². The van der Waals surface area contributed by atoms with Crippen molar-refractivity contribution in [3.8, 4) is 0 Å². The first-order chi connectivity index (χ1) is 14.0. The molecule has 150 valence electrons. The Kier molecular flexibility index (Phi) is 5.22. The summed E-state index contributed by atoms with van der Waals surface area (Å²) in [6.45, 7) is 6.14. The van der Waals surface area contributed by atoms with Crippen molar-refractivity contribution in [2.45, 2.75) is 46.5 Å². The van der Waals surface area contributed by atoms with E-state index in [4.69, 9.17) is 4.99 Å². The van der Waals surface area contributed by atoms with Crippen molar-refractivity contribution in [1.29, 1.82) is 0 Å². The maximum Gasteiger partial charge on any atom is 0.244 e. The molecule has 1 heterocycles. The minimum atomic E-state index is -0.209. The molecule has 0 spiro atoms. The van der Waals surface area contributed by atoms with E-state index in [0.29, 0.717) is 0 Å². The van der Waals surface area contributed by atoms with E-state index in [1.807, 2.05) is 50.2 Å². The van der Waals surface area contributed by atoms with Crippen LogP contribution in [0.5, 0.6) is 0 Å². The minimum Gasteiger partial charge on any atom is -0.325 e. The Balaban J connectivity index is 1.64. The van der Waals surface area contributed by atoms with Gasteiger partial charge in [-0.25, -0.2) is 0 Å². The quantitative estimate of drug-likeness (QED) is 0.822. The second-order valence-corrected chi connectivity index (χ2v) is 8.00. The highest BCUT2D eigenvalue weighted by Gasteiger charge is 2.37. The first kappa shape index (κ1) is 19.4. The van der Waals surface area contributed by atoms with E-state index in [2.05, 4.69) is 12.2 Å². The lowest BCUT2D eigenvalue weighted by Crippen LogP contribution is -2.42. The van der Waals surface area contributed by atoms with Gasteiger partial charge in [-0.2, -0.15) is 0 Å². The number of carbonyl (C=O) groups is 2. The van der Waals surface area contributed by atoms with Crippen LogP contribution in [0, 0.1) is 19.8 Å². The molecule has 1 atom stereocenters. The number of carbonyl (C=O) groups excluding carboxylic acids is 2. The molecule has 0 radical (unpaired) electrons. The Labute approximate surface area is 171 Å². The molecule has 0 aromatic heterocycles. The van der Waals surface area contributed by atoms with Crippen LogP contribution in [0.3, 0.4) is 0 Å². The molecule has 1 fully saturated rings. The third-order valence-corrected chi connectivity index (χ3v) is 5.96. The molecule has 0 bridgehead atoms. The first-order valence-electron chi connectivity index (χ1n) is 10.3. The van der Waals surface area contributed by atoms with Gasteiger partial charge in [0.1, 0.15) is 6.54 Å². The summed E-state index contributed by atoms with van der Waals surface area (Å²) in [6, 6.07) is 11.8. The number of anilines is 2. The van der Waals surface area contributed by atoms with Gasteiger partial charge in [0.2, 0.25) is 11.8 Å². The highest BCUT2D eigenvalue weighted by atomic mass is 16.2. The molecule has 29 heavy (non-hydrogen) atoms. The van der Waals surface area contributed by atoms with E-state index in [9.17, 15) is 9.59 Å². The Morgan fingerprint density at radius 2 is 2.00 bits per heavy atom. The van der Waals surface area contributed by atoms with Gasteiger partial charge in [0.15, 0.2) is 0 Å². The lowest BCUT2D eigenvalue weighted by Gasteiger charge is -2.25. The number of rotatable bonds is 4. The van der Waals surface area contributed by atoms with Crippen molar-refractivity contribution < 1.29 is 9.59 Å². The Hall–Kier alpha value is -2.95. The van der Waals surface area contributed by atoms with Crippen molar-refractivity contribution in [3.05, 3.63) is 53.1 Å². The summed E-state index contributed by atoms with van der Waals surface area (Å²) in [4.78, 5) is 32.7. The third kappa shape index (κ3) is 3.82. The smallest absolute Gasteiger partial charge is 0.244 e. The van der Waals surface area contributed by atoms with Crippen LogP contribution in [0.15, 0.2) is 41.4 Å². The summed E-state index contributed by atoms with van der Waals surface area (Å²) in [5, 5.41) is 2.95. The SMILES string of the molecule is CCc1cccc(NC(=O)CN2C(=O)[C@H]3CCCC3=Nc3cc(C)c(C)cc32)c1. The van der Waals surface area contributed by atoms with Crippen molar-refractivity contribution in [1.82, 2.24) is 0 Å². The number of aryl methyl sites for hydroxylation is 3. The fraction of sp³-hybridized carbons (Fsp3) is 0.375. The molecule has 4 rings (SSSR count). The predicted octanol–water partition coefficient (Wildman–Crippen LogP) is 4.72. The summed E-state index contributed by atoms with van der Waals surface area (Å²) >= 11 is 0. The van der Waals surface area contributed by atoms with E-state index >= 15 is 0 Å². The second-order valence-electron chi connectivity index (χ2n) is 8.00. The number of nitrogens with zero attached hydrogens (tertiary/aromatic N) is 2. The topological polar surface area (TPSA) is 61.8 Å². The van der Waals surface area contributed by atoms with Gasteiger partial charge in [0.25, 0.3) is 0 Å². The molecule has 5 nitrogen and oxygen atoms in total. The van der Waals surface area contributed by atoms with Crippen LogP contribution in [0.4, 0.5) is 17.1 Å². The van der Waals surface area contributed by atoms with Gasteiger partial charge < -0.3 is 10.2 Å². The van der Waals surface area contributed by atoms with Crippen molar-refractivity contribution >= 4 is 34.6 Å². The number of benzene rings is 2. The molecule has 2 aliphatic rings. The number of nitrogens with one attached hydrogen (secondary N) is 1. The Bertz CT molecular complexity index is 1010. The molecule has 1 aliphatic heterocycles. The molecule has 2 amide bonds. The molecule has 5 heteroatoms. The van der Waals surface area contributed by atoms with E-state index in [-0.39, 0.29) is 24.3 Å². The van der Waals surface area contributed by atoms with E-state index in [1.54, 1.807) is 4.90 Å². The number of aliphatic imine (C=N–C) groups is 1. The summed E-state index contributed by atoms with van der Waals surface area (Å²) < 4.78 is 0. The number of fused-ring (bicyclic) bond motifs is 2. The zero-order valence-corrected chi connectivity index (χ0v) is 17.3. The lowest BCUT2D eigenvalue weighted by atomic mass is 10.0. The zero-order valence-electron chi connectivity index (χ0n) is 17.3. The normalized spacial score (nSPS) is 18.0. The van der Waals surface area contributed by atoms with Gasteiger partial charge in [-0.15, -0.1) is 0 Å². The van der Waals surface area contributed by atoms with Gasteiger partial charge in [0.05, 0.1) is 17.3 Å². The van der Waals surface area contributed by atoms with Gasteiger partial charge in [-0.1, -0.05) is 19.1 Å². The fourth-order valence-electron chi connectivity index (χ4n) is 4.16. The maximum absolute atomic E-state index is 13.3. The van der Waals surface area contributed by atoms with E-state index in [0.717, 1.165) is 65.1 Å². The minimum absolute atomic E-state index is 0.00993. The second kappa shape index (κ2) is 7.82. The zero-order chi connectivity index (χ0) is 20.5. The molecule has 2 aromatic rings. The van der Waals surface area contributed by atoms with Crippen LogP contribution < -0.4 is 10.2 Å². The molecule has 0 saturated heterocycles. The molecule has 1 N–H and O–H groups in total. The van der Waals surface area contributed by atoms with Crippen LogP contribution in [-0.2, 0) is 16.0 Å². The van der Waals surface area contributed by atoms with Crippen LogP contribution in [0.1, 0.15) is 42.9 Å². The number of hydrogen-bond acceptors (Lipinski definition) is 3. The van der Waals surface area contributed by atoms with Crippen LogP contribution in [0.25, 0.3) is 0 Å². The van der Waals surface area contributed by atoms with Gasteiger partial charge in [-0.05, 0) is 80.5 Å².